The summed E-state index contributed by atoms with van der Waals surface area (Å²) in [6, 6.07) is 0. The Bertz CT molecular complexity index is 441. The maximum atomic E-state index is 5.55. The zero-order valence-corrected chi connectivity index (χ0v) is 13.9. The molecule has 2 heterocycles. The van der Waals surface area contributed by atoms with E-state index in [1.807, 2.05) is 12.4 Å². The number of ether oxygens (including phenoxy) is 1. The summed E-state index contributed by atoms with van der Waals surface area (Å²) in [7, 11) is 1.78. The van der Waals surface area contributed by atoms with E-state index >= 15 is 0 Å². The maximum absolute atomic E-state index is 5.55. The van der Waals surface area contributed by atoms with E-state index in [1.165, 1.54) is 0 Å². The van der Waals surface area contributed by atoms with Gasteiger partial charge in [0.15, 0.2) is 0 Å². The highest BCUT2D eigenvalue weighted by Gasteiger charge is 2.27. The SMILES string of the molecule is COC1CN(c2ncc(CNC(C)(C)C)cn2)CCC1C. The van der Waals surface area contributed by atoms with Gasteiger partial charge in [0.05, 0.1) is 6.10 Å². The van der Waals surface area contributed by atoms with Gasteiger partial charge in [-0.2, -0.15) is 0 Å². The first-order valence-electron chi connectivity index (χ1n) is 7.73. The number of piperidine rings is 1. The van der Waals surface area contributed by atoms with Crippen molar-refractivity contribution in [3.63, 3.8) is 0 Å². The molecule has 1 aliphatic rings. The molecule has 2 atom stereocenters. The summed E-state index contributed by atoms with van der Waals surface area (Å²) in [6.45, 7) is 11.4. The number of aromatic nitrogens is 2. The monoisotopic (exact) mass is 292 g/mol. The molecule has 1 N–H and O–H groups in total. The van der Waals surface area contributed by atoms with Gasteiger partial charge in [-0.3, -0.25) is 0 Å². The molecule has 0 saturated carbocycles. The largest absolute Gasteiger partial charge is 0.379 e. The molecule has 0 bridgehead atoms. The lowest BCUT2D eigenvalue weighted by Gasteiger charge is -2.36. The van der Waals surface area contributed by atoms with E-state index in [9.17, 15) is 0 Å². The highest BCUT2D eigenvalue weighted by atomic mass is 16.5. The van der Waals surface area contributed by atoms with Crippen molar-refractivity contribution in [2.24, 2.45) is 5.92 Å². The minimum absolute atomic E-state index is 0.105. The molecule has 0 amide bonds. The standard InChI is InChI=1S/C16H28N4O/c1-12-6-7-20(11-14(12)21-5)15-17-8-13(9-18-15)10-19-16(2,3)4/h8-9,12,14,19H,6-7,10-11H2,1-5H3. The molecule has 21 heavy (non-hydrogen) atoms. The minimum atomic E-state index is 0.105. The number of methoxy groups -OCH3 is 1. The van der Waals surface area contributed by atoms with Crippen LogP contribution in [0.1, 0.15) is 39.7 Å². The Morgan fingerprint density at radius 2 is 2.00 bits per heavy atom. The molecular weight excluding hydrogens is 264 g/mol. The number of nitrogens with one attached hydrogen (secondary N) is 1. The zero-order valence-electron chi connectivity index (χ0n) is 13.9. The van der Waals surface area contributed by atoms with E-state index in [4.69, 9.17) is 4.74 Å². The number of nitrogens with zero attached hydrogens (tertiary/aromatic N) is 3. The Labute approximate surface area is 128 Å². The fraction of sp³-hybridized carbons (Fsp3) is 0.750. The molecule has 0 aromatic carbocycles. The molecule has 2 unspecified atom stereocenters. The van der Waals surface area contributed by atoms with E-state index in [2.05, 4.69) is 47.9 Å². The predicted molar refractivity (Wildman–Crippen MR) is 85.4 cm³/mol. The van der Waals surface area contributed by atoms with Gasteiger partial charge in [-0.25, -0.2) is 9.97 Å². The van der Waals surface area contributed by atoms with Gasteiger partial charge < -0.3 is 15.0 Å². The molecule has 118 valence electrons. The molecule has 5 nitrogen and oxygen atoms in total. The summed E-state index contributed by atoms with van der Waals surface area (Å²) in [6.07, 6.45) is 5.22. The van der Waals surface area contributed by atoms with Gasteiger partial charge >= 0.3 is 0 Å². The Morgan fingerprint density at radius 1 is 1.33 bits per heavy atom. The van der Waals surface area contributed by atoms with E-state index in [0.717, 1.165) is 37.6 Å². The number of hydrogen-bond donors (Lipinski definition) is 1. The van der Waals surface area contributed by atoms with Gasteiger partial charge in [-0.05, 0) is 33.1 Å². The quantitative estimate of drug-likeness (QED) is 0.922. The van der Waals surface area contributed by atoms with Crippen LogP contribution < -0.4 is 10.2 Å². The molecule has 0 aliphatic carbocycles. The van der Waals surface area contributed by atoms with Crippen molar-refractivity contribution in [1.29, 1.82) is 0 Å². The summed E-state index contributed by atoms with van der Waals surface area (Å²) in [5.74, 6) is 1.41. The van der Waals surface area contributed by atoms with Crippen LogP contribution in [-0.4, -0.2) is 41.8 Å². The van der Waals surface area contributed by atoms with Gasteiger partial charge in [0.25, 0.3) is 0 Å². The molecule has 1 aliphatic heterocycles. The Balaban J connectivity index is 1.96. The Kier molecular flexibility index (Phi) is 5.17. The van der Waals surface area contributed by atoms with Gasteiger partial charge in [0.1, 0.15) is 0 Å². The van der Waals surface area contributed by atoms with Crippen LogP contribution >= 0.6 is 0 Å². The molecule has 1 aromatic rings. The molecule has 5 heteroatoms. The summed E-state index contributed by atoms with van der Waals surface area (Å²) in [4.78, 5) is 11.2. The van der Waals surface area contributed by atoms with Gasteiger partial charge in [-0.15, -0.1) is 0 Å². The van der Waals surface area contributed by atoms with Crippen molar-refractivity contribution in [1.82, 2.24) is 15.3 Å². The average molecular weight is 292 g/mol. The third-order valence-electron chi connectivity index (χ3n) is 3.99. The van der Waals surface area contributed by atoms with Crippen LogP contribution in [0.3, 0.4) is 0 Å². The summed E-state index contributed by atoms with van der Waals surface area (Å²) in [5, 5.41) is 3.45. The van der Waals surface area contributed by atoms with Crippen LogP contribution in [0.4, 0.5) is 5.95 Å². The average Bonchev–Trinajstić information content (AvgIpc) is 2.45. The number of anilines is 1. The first-order chi connectivity index (χ1) is 9.89. The van der Waals surface area contributed by atoms with Crippen LogP contribution in [0.15, 0.2) is 12.4 Å². The van der Waals surface area contributed by atoms with E-state index in [0.29, 0.717) is 5.92 Å². The van der Waals surface area contributed by atoms with Crippen molar-refractivity contribution in [3.05, 3.63) is 18.0 Å². The van der Waals surface area contributed by atoms with Gasteiger partial charge in [0.2, 0.25) is 5.95 Å². The Hall–Kier alpha value is -1.20. The first kappa shape index (κ1) is 16.2. The van der Waals surface area contributed by atoms with E-state index in [-0.39, 0.29) is 11.6 Å². The van der Waals surface area contributed by atoms with Crippen molar-refractivity contribution < 1.29 is 4.74 Å². The molecular formula is C16H28N4O. The van der Waals surface area contributed by atoms with Crippen molar-refractivity contribution in [2.75, 3.05) is 25.1 Å². The molecule has 1 fully saturated rings. The molecule has 0 spiro atoms. The highest BCUT2D eigenvalue weighted by Crippen LogP contribution is 2.22. The van der Waals surface area contributed by atoms with Crippen LogP contribution in [0.2, 0.25) is 0 Å². The molecule has 2 rings (SSSR count). The van der Waals surface area contributed by atoms with E-state index < -0.39 is 0 Å². The van der Waals surface area contributed by atoms with Gasteiger partial charge in [0, 0.05) is 50.2 Å². The first-order valence-corrected chi connectivity index (χ1v) is 7.73. The second-order valence-corrected chi connectivity index (χ2v) is 6.98. The number of rotatable bonds is 4. The third kappa shape index (κ3) is 4.64. The molecule has 0 radical (unpaired) electrons. The Morgan fingerprint density at radius 3 is 2.57 bits per heavy atom. The summed E-state index contributed by atoms with van der Waals surface area (Å²) < 4.78 is 5.55. The fourth-order valence-corrected chi connectivity index (χ4v) is 2.49. The summed E-state index contributed by atoms with van der Waals surface area (Å²) in [5.41, 5.74) is 1.22. The smallest absolute Gasteiger partial charge is 0.225 e. The molecule has 1 saturated heterocycles. The highest BCUT2D eigenvalue weighted by molar-refractivity contribution is 5.31. The van der Waals surface area contributed by atoms with Crippen molar-refractivity contribution >= 4 is 5.95 Å². The fourth-order valence-electron chi connectivity index (χ4n) is 2.49. The second kappa shape index (κ2) is 6.71. The normalized spacial score (nSPS) is 23.4. The van der Waals surface area contributed by atoms with Crippen LogP contribution in [0.5, 0.6) is 0 Å². The van der Waals surface area contributed by atoms with Crippen LogP contribution in [0.25, 0.3) is 0 Å². The zero-order chi connectivity index (χ0) is 15.5. The number of hydrogen-bond acceptors (Lipinski definition) is 5. The van der Waals surface area contributed by atoms with Crippen molar-refractivity contribution in [2.45, 2.75) is 52.3 Å². The maximum Gasteiger partial charge on any atom is 0.225 e. The summed E-state index contributed by atoms with van der Waals surface area (Å²) >= 11 is 0. The lowest BCUT2D eigenvalue weighted by atomic mass is 9.96. The van der Waals surface area contributed by atoms with Crippen LogP contribution in [0, 0.1) is 5.92 Å². The lowest BCUT2D eigenvalue weighted by molar-refractivity contribution is 0.0494. The molecule has 1 aromatic heterocycles. The van der Waals surface area contributed by atoms with Crippen LogP contribution in [-0.2, 0) is 11.3 Å². The van der Waals surface area contributed by atoms with Crippen molar-refractivity contribution in [3.8, 4) is 0 Å². The van der Waals surface area contributed by atoms with E-state index in [1.54, 1.807) is 7.11 Å². The topological polar surface area (TPSA) is 50.3 Å². The minimum Gasteiger partial charge on any atom is -0.379 e. The third-order valence-corrected chi connectivity index (χ3v) is 3.99. The lowest BCUT2D eigenvalue weighted by Crippen LogP contribution is -2.44. The van der Waals surface area contributed by atoms with Gasteiger partial charge in [-0.1, -0.05) is 6.92 Å². The predicted octanol–water partition coefficient (Wildman–Crippen LogP) is 2.23. The second-order valence-electron chi connectivity index (χ2n) is 6.98.